The van der Waals surface area contributed by atoms with E-state index in [1.54, 1.807) is 20.1 Å². The second-order valence-corrected chi connectivity index (χ2v) is 9.10. The monoisotopic (exact) mass is 395 g/mol. The van der Waals surface area contributed by atoms with Crippen molar-refractivity contribution in [3.05, 3.63) is 59.0 Å². The molecule has 0 saturated heterocycles. The number of hydrogen-bond donors (Lipinski definition) is 1. The molecule has 1 fully saturated rings. The predicted octanol–water partition coefficient (Wildman–Crippen LogP) is 5.10. The van der Waals surface area contributed by atoms with Crippen LogP contribution in [0.25, 0.3) is 16.6 Å². The van der Waals surface area contributed by atoms with Crippen LogP contribution in [0.5, 0.6) is 5.75 Å². The Kier molecular flexibility index (Phi) is 3.90. The van der Waals surface area contributed by atoms with Crippen molar-refractivity contribution in [1.29, 1.82) is 0 Å². The van der Waals surface area contributed by atoms with Gasteiger partial charge in [0.25, 0.3) is 0 Å². The van der Waals surface area contributed by atoms with Crippen LogP contribution in [0.15, 0.2) is 36.4 Å². The van der Waals surface area contributed by atoms with E-state index in [1.807, 2.05) is 24.3 Å². The first-order valence-corrected chi connectivity index (χ1v) is 10.1. The molecule has 3 aromatic rings. The van der Waals surface area contributed by atoms with Crippen LogP contribution in [0.4, 0.5) is 4.39 Å². The molecule has 0 radical (unpaired) electrons. The van der Waals surface area contributed by atoms with Gasteiger partial charge in [-0.1, -0.05) is 19.9 Å². The van der Waals surface area contributed by atoms with Gasteiger partial charge in [-0.25, -0.2) is 4.39 Å². The molecule has 4 nitrogen and oxygen atoms in total. The number of aromatic hydroxyl groups is 1. The largest absolute Gasteiger partial charge is 0.507 e. The summed E-state index contributed by atoms with van der Waals surface area (Å²) >= 11 is 0. The fourth-order valence-electron chi connectivity index (χ4n) is 5.07. The van der Waals surface area contributed by atoms with E-state index in [1.165, 1.54) is 6.07 Å². The summed E-state index contributed by atoms with van der Waals surface area (Å²) in [6, 6.07) is 10.8. The van der Waals surface area contributed by atoms with Gasteiger partial charge in [0.05, 0.1) is 18.2 Å². The summed E-state index contributed by atoms with van der Waals surface area (Å²) in [6.45, 7) is 6.68. The topological polar surface area (TPSA) is 43.6 Å². The quantitative estimate of drug-likeness (QED) is 0.657. The van der Waals surface area contributed by atoms with Crippen LogP contribution in [-0.2, 0) is 20.5 Å². The Bertz CT molecular complexity index is 1120. The molecule has 1 N–H and O–H groups in total. The normalized spacial score (nSPS) is 25.2. The summed E-state index contributed by atoms with van der Waals surface area (Å²) in [4.78, 5) is 0. The van der Waals surface area contributed by atoms with Crippen LogP contribution < -0.4 is 0 Å². The van der Waals surface area contributed by atoms with Crippen molar-refractivity contribution in [2.75, 3.05) is 13.7 Å². The third kappa shape index (κ3) is 2.50. The first-order chi connectivity index (χ1) is 13.8. The first-order valence-electron chi connectivity index (χ1n) is 10.1. The molecule has 1 aliphatic heterocycles. The molecule has 1 aliphatic carbocycles. The highest BCUT2D eigenvalue weighted by atomic mass is 19.1. The number of halogens is 1. The summed E-state index contributed by atoms with van der Waals surface area (Å²) in [5, 5.41) is 11.7. The molecule has 0 amide bonds. The second-order valence-electron chi connectivity index (χ2n) is 9.10. The summed E-state index contributed by atoms with van der Waals surface area (Å²) in [6.07, 6.45) is 1.69. The van der Waals surface area contributed by atoms with Crippen LogP contribution in [0.2, 0.25) is 0 Å². The van der Waals surface area contributed by atoms with Gasteiger partial charge >= 0.3 is 0 Å². The van der Waals surface area contributed by atoms with Gasteiger partial charge in [-0.15, -0.1) is 0 Å². The molecule has 1 saturated carbocycles. The van der Waals surface area contributed by atoms with Gasteiger partial charge < -0.3 is 19.1 Å². The Morgan fingerprint density at radius 2 is 1.97 bits per heavy atom. The fraction of sp³-hybridized carbons (Fsp3) is 0.417. The lowest BCUT2D eigenvalue weighted by molar-refractivity contribution is -0.187. The second kappa shape index (κ2) is 6.07. The molecular weight excluding hydrogens is 369 g/mol. The minimum atomic E-state index is -0.455. The summed E-state index contributed by atoms with van der Waals surface area (Å²) < 4.78 is 28.2. The van der Waals surface area contributed by atoms with E-state index >= 15 is 0 Å². The molecule has 0 bridgehead atoms. The zero-order valence-corrected chi connectivity index (χ0v) is 17.3. The number of fused-ring (bicyclic) bond motifs is 4. The lowest BCUT2D eigenvalue weighted by Gasteiger charge is -2.52. The zero-order chi connectivity index (χ0) is 20.6. The van der Waals surface area contributed by atoms with E-state index in [9.17, 15) is 9.50 Å². The van der Waals surface area contributed by atoms with E-state index in [0.29, 0.717) is 12.2 Å². The van der Waals surface area contributed by atoms with Crippen molar-refractivity contribution >= 4 is 10.9 Å². The molecule has 2 aromatic carbocycles. The maximum absolute atomic E-state index is 14.0. The van der Waals surface area contributed by atoms with Gasteiger partial charge in [0.15, 0.2) is 0 Å². The number of aromatic nitrogens is 1. The average molecular weight is 395 g/mol. The van der Waals surface area contributed by atoms with Gasteiger partial charge in [0, 0.05) is 47.7 Å². The van der Waals surface area contributed by atoms with Gasteiger partial charge in [-0.2, -0.15) is 0 Å². The number of rotatable bonds is 2. The smallest absolute Gasteiger partial charge is 0.126 e. The van der Waals surface area contributed by atoms with Gasteiger partial charge in [-0.05, 0) is 42.8 Å². The molecule has 1 spiro atoms. The number of phenolic OH excluding ortho intramolecular Hbond substituents is 1. The van der Waals surface area contributed by atoms with Crippen LogP contribution in [-0.4, -0.2) is 29.5 Å². The van der Waals surface area contributed by atoms with Crippen LogP contribution >= 0.6 is 0 Å². The van der Waals surface area contributed by atoms with Crippen LogP contribution in [0.3, 0.4) is 0 Å². The highest BCUT2D eigenvalue weighted by molar-refractivity contribution is 5.94. The Morgan fingerprint density at radius 3 is 2.66 bits per heavy atom. The van der Waals surface area contributed by atoms with Crippen molar-refractivity contribution < 1.29 is 19.0 Å². The minimum absolute atomic E-state index is 0.154. The van der Waals surface area contributed by atoms with Crippen molar-refractivity contribution in [2.24, 2.45) is 0 Å². The van der Waals surface area contributed by atoms with Crippen molar-refractivity contribution in [2.45, 2.75) is 50.7 Å². The van der Waals surface area contributed by atoms with Crippen LogP contribution in [0, 0.1) is 12.7 Å². The summed E-state index contributed by atoms with van der Waals surface area (Å²) in [5.41, 5.74) is 3.86. The lowest BCUT2D eigenvalue weighted by Crippen LogP contribution is -2.53. The molecule has 0 unspecified atom stereocenters. The molecule has 1 aromatic heterocycles. The van der Waals surface area contributed by atoms with Gasteiger partial charge in [0.2, 0.25) is 0 Å². The standard InChI is InChI=1S/C24H26FNO3/c1-14-10-15(8-9-17(14)25)26-18-6-5-7-19(27)20(18)21-22(26)23(2,3)13-29-24(21)11-16(12-24)28-4/h5-10,16,27H,11-13H2,1-4H3/t16-,24-. The number of nitrogens with zero attached hydrogens (tertiary/aromatic N) is 1. The van der Waals surface area contributed by atoms with Gasteiger partial charge in [-0.3, -0.25) is 0 Å². The Hall–Kier alpha value is -2.37. The highest BCUT2D eigenvalue weighted by Gasteiger charge is 2.55. The molecule has 152 valence electrons. The van der Waals surface area contributed by atoms with Crippen molar-refractivity contribution in [1.82, 2.24) is 4.57 Å². The number of ether oxygens (including phenoxy) is 2. The number of benzene rings is 2. The van der Waals surface area contributed by atoms with E-state index in [0.717, 1.165) is 40.7 Å². The number of methoxy groups -OCH3 is 1. The van der Waals surface area contributed by atoms with Crippen molar-refractivity contribution in [3.63, 3.8) is 0 Å². The summed E-state index contributed by atoms with van der Waals surface area (Å²) in [7, 11) is 1.73. The third-order valence-electron chi connectivity index (χ3n) is 6.63. The highest BCUT2D eigenvalue weighted by Crippen LogP contribution is 2.57. The maximum atomic E-state index is 14.0. The Balaban J connectivity index is 1.88. The SMILES string of the molecule is CO[C@H]1C[C@@]2(C1)OCC(C)(C)c1c2c2c(O)cccc2n1-c1ccc(F)c(C)c1. The van der Waals surface area contributed by atoms with Crippen LogP contribution in [0.1, 0.15) is 43.5 Å². The minimum Gasteiger partial charge on any atom is -0.507 e. The average Bonchev–Trinajstić information content (AvgIpc) is 3.01. The Labute approximate surface area is 169 Å². The van der Waals surface area contributed by atoms with E-state index < -0.39 is 5.60 Å². The number of hydrogen-bond acceptors (Lipinski definition) is 3. The number of phenols is 1. The van der Waals surface area contributed by atoms with E-state index in [-0.39, 0.29) is 23.1 Å². The van der Waals surface area contributed by atoms with Gasteiger partial charge in [0.1, 0.15) is 17.2 Å². The van der Waals surface area contributed by atoms with Crippen molar-refractivity contribution in [3.8, 4) is 11.4 Å². The number of aryl methyl sites for hydroxylation is 1. The molecule has 5 heteroatoms. The molecule has 2 aliphatic rings. The molecule has 2 heterocycles. The third-order valence-corrected chi connectivity index (χ3v) is 6.63. The maximum Gasteiger partial charge on any atom is 0.126 e. The van der Waals surface area contributed by atoms with E-state index in [4.69, 9.17) is 9.47 Å². The molecule has 5 rings (SSSR count). The summed E-state index contributed by atoms with van der Waals surface area (Å²) in [5.74, 6) is 0.0285. The first kappa shape index (κ1) is 18.6. The molecule has 0 atom stereocenters. The Morgan fingerprint density at radius 1 is 1.21 bits per heavy atom. The predicted molar refractivity (Wildman–Crippen MR) is 110 cm³/mol. The molecular formula is C24H26FNO3. The zero-order valence-electron chi connectivity index (χ0n) is 17.3. The van der Waals surface area contributed by atoms with E-state index in [2.05, 4.69) is 18.4 Å². The fourth-order valence-corrected chi connectivity index (χ4v) is 5.07. The lowest BCUT2D eigenvalue weighted by atomic mass is 9.67. The molecule has 29 heavy (non-hydrogen) atoms.